The van der Waals surface area contributed by atoms with Gasteiger partial charge in [0.1, 0.15) is 22.7 Å². The molecule has 2 unspecified atom stereocenters. The minimum absolute atomic E-state index is 0.320. The van der Waals surface area contributed by atoms with Crippen molar-refractivity contribution in [3.05, 3.63) is 54.2 Å². The van der Waals surface area contributed by atoms with E-state index in [9.17, 15) is 9.59 Å². The first-order chi connectivity index (χ1) is 17.4. The maximum atomic E-state index is 13.3. The van der Waals surface area contributed by atoms with Gasteiger partial charge in [0, 0.05) is 23.0 Å². The number of fused-ring (bicyclic) bond motifs is 1. The maximum Gasteiger partial charge on any atom is 0.320 e. The Morgan fingerprint density at radius 2 is 1.72 bits per heavy atom. The van der Waals surface area contributed by atoms with E-state index in [1.54, 1.807) is 25.1 Å². The molecule has 8 nitrogen and oxygen atoms in total. The fraction of sp³-hybridized carbons (Fsp3) is 0.429. The number of rotatable bonds is 9. The third-order valence-corrected chi connectivity index (χ3v) is 7.54. The molecule has 192 valence electrons. The van der Waals surface area contributed by atoms with Crippen molar-refractivity contribution in [3.8, 4) is 11.5 Å². The minimum atomic E-state index is -1.35. The lowest BCUT2D eigenvalue weighted by Gasteiger charge is -2.38. The SMILES string of the molecule is COc1cccc(OC)c1NC(=O)NC(C)(C(N)=O)C(CC1CCCCC1)c1c[nH]c2ccccc12. The zero-order valence-electron chi connectivity index (χ0n) is 21.2. The third kappa shape index (κ3) is 5.12. The van der Waals surface area contributed by atoms with Crippen LogP contribution in [0.1, 0.15) is 56.9 Å². The summed E-state index contributed by atoms with van der Waals surface area (Å²) in [7, 11) is 3.03. The summed E-state index contributed by atoms with van der Waals surface area (Å²) in [5.74, 6) is 0.437. The smallest absolute Gasteiger partial charge is 0.320 e. The topological polar surface area (TPSA) is 118 Å². The Bertz CT molecular complexity index is 1190. The molecule has 0 aliphatic heterocycles. The number of hydrogen-bond donors (Lipinski definition) is 4. The molecule has 1 fully saturated rings. The second kappa shape index (κ2) is 10.9. The van der Waals surface area contributed by atoms with Crippen molar-refractivity contribution in [3.63, 3.8) is 0 Å². The van der Waals surface area contributed by atoms with Crippen LogP contribution in [0.15, 0.2) is 48.7 Å². The van der Waals surface area contributed by atoms with E-state index in [1.165, 1.54) is 33.5 Å². The van der Waals surface area contributed by atoms with Crippen LogP contribution in [-0.4, -0.2) is 36.7 Å². The van der Waals surface area contributed by atoms with Crippen molar-refractivity contribution in [2.75, 3.05) is 19.5 Å². The van der Waals surface area contributed by atoms with Crippen LogP contribution >= 0.6 is 0 Å². The summed E-state index contributed by atoms with van der Waals surface area (Å²) in [6.07, 6.45) is 8.52. The Hall–Kier alpha value is -3.68. The number of hydrogen-bond acceptors (Lipinski definition) is 4. The van der Waals surface area contributed by atoms with Crippen molar-refractivity contribution in [2.45, 2.75) is 56.9 Å². The van der Waals surface area contributed by atoms with Crippen LogP contribution in [0.5, 0.6) is 11.5 Å². The monoisotopic (exact) mass is 492 g/mol. The first kappa shape index (κ1) is 25.4. The number of para-hydroxylation sites is 2. The van der Waals surface area contributed by atoms with E-state index in [0.29, 0.717) is 23.1 Å². The summed E-state index contributed by atoms with van der Waals surface area (Å²) in [5, 5.41) is 6.78. The van der Waals surface area contributed by atoms with E-state index in [-0.39, 0.29) is 5.92 Å². The number of primary amides is 1. The fourth-order valence-electron chi connectivity index (χ4n) is 5.49. The van der Waals surface area contributed by atoms with Crippen molar-refractivity contribution >= 4 is 28.5 Å². The predicted molar refractivity (Wildman–Crippen MR) is 142 cm³/mol. The molecule has 8 heteroatoms. The number of nitrogens with two attached hydrogens (primary N) is 1. The van der Waals surface area contributed by atoms with Gasteiger partial charge in [-0.25, -0.2) is 4.79 Å². The normalized spacial score (nSPS) is 16.6. The second-order valence-corrected chi connectivity index (χ2v) is 9.77. The minimum Gasteiger partial charge on any atom is -0.494 e. The number of ether oxygens (including phenoxy) is 2. The number of carbonyl (C=O) groups excluding carboxylic acids is 2. The number of amides is 3. The highest BCUT2D eigenvalue weighted by atomic mass is 16.5. The highest BCUT2D eigenvalue weighted by Crippen LogP contribution is 2.42. The van der Waals surface area contributed by atoms with Crippen molar-refractivity contribution < 1.29 is 19.1 Å². The van der Waals surface area contributed by atoms with E-state index in [1.807, 2.05) is 30.5 Å². The fourth-order valence-corrected chi connectivity index (χ4v) is 5.49. The predicted octanol–water partition coefficient (Wildman–Crippen LogP) is 5.30. The molecule has 3 aromatic rings. The number of benzene rings is 2. The van der Waals surface area contributed by atoms with Gasteiger partial charge in [0.05, 0.1) is 14.2 Å². The van der Waals surface area contributed by atoms with E-state index >= 15 is 0 Å². The molecule has 0 saturated heterocycles. The Kier molecular flexibility index (Phi) is 7.72. The number of anilines is 1. The lowest BCUT2D eigenvalue weighted by atomic mass is 9.72. The molecule has 0 bridgehead atoms. The first-order valence-corrected chi connectivity index (χ1v) is 12.5. The Morgan fingerprint density at radius 1 is 1.06 bits per heavy atom. The molecule has 36 heavy (non-hydrogen) atoms. The van der Waals surface area contributed by atoms with Crippen LogP contribution < -0.4 is 25.8 Å². The largest absolute Gasteiger partial charge is 0.494 e. The molecule has 0 spiro atoms. The number of carbonyl (C=O) groups is 2. The summed E-state index contributed by atoms with van der Waals surface area (Å²) in [6.45, 7) is 1.73. The van der Waals surface area contributed by atoms with Gasteiger partial charge in [-0.15, -0.1) is 0 Å². The van der Waals surface area contributed by atoms with Crippen LogP contribution in [0.25, 0.3) is 10.9 Å². The summed E-state index contributed by atoms with van der Waals surface area (Å²) in [6, 6.07) is 12.7. The summed E-state index contributed by atoms with van der Waals surface area (Å²) < 4.78 is 10.8. The van der Waals surface area contributed by atoms with Gasteiger partial charge in [0.15, 0.2) is 0 Å². The van der Waals surface area contributed by atoms with Gasteiger partial charge in [-0.05, 0) is 43.0 Å². The number of methoxy groups -OCH3 is 2. The highest BCUT2D eigenvalue weighted by Gasteiger charge is 2.44. The number of urea groups is 1. The molecule has 1 aromatic heterocycles. The molecule has 1 heterocycles. The number of H-pyrrole nitrogens is 1. The van der Waals surface area contributed by atoms with Crippen molar-refractivity contribution in [1.29, 1.82) is 0 Å². The lowest BCUT2D eigenvalue weighted by Crippen LogP contribution is -2.60. The van der Waals surface area contributed by atoms with Gasteiger partial charge in [0.25, 0.3) is 0 Å². The Balaban J connectivity index is 1.69. The standard InChI is InChI=1S/C28H36N4O4/c1-28(26(29)33,32-27(34)31-25-23(35-2)14-9-15-24(25)36-3)21(16-18-10-5-4-6-11-18)20-17-30-22-13-8-7-12-19(20)22/h7-9,12-15,17-18,21,30H,4-6,10-11,16H2,1-3H3,(H2,29,33)(H2,31,32,34). The van der Waals surface area contributed by atoms with Gasteiger partial charge in [-0.1, -0.05) is 56.4 Å². The van der Waals surface area contributed by atoms with Gasteiger partial charge in [-0.2, -0.15) is 0 Å². The molecule has 4 rings (SSSR count). The zero-order valence-corrected chi connectivity index (χ0v) is 21.2. The van der Waals surface area contributed by atoms with Gasteiger partial charge in [-0.3, -0.25) is 4.79 Å². The summed E-state index contributed by atoms with van der Waals surface area (Å²) in [4.78, 5) is 29.8. The quantitative estimate of drug-likeness (QED) is 0.324. The molecule has 0 radical (unpaired) electrons. The van der Waals surface area contributed by atoms with Crippen LogP contribution in [0.4, 0.5) is 10.5 Å². The maximum absolute atomic E-state index is 13.3. The van der Waals surface area contributed by atoms with E-state index in [2.05, 4.69) is 15.6 Å². The van der Waals surface area contributed by atoms with E-state index in [0.717, 1.165) is 35.7 Å². The molecule has 1 aliphatic carbocycles. The average molecular weight is 493 g/mol. The number of nitrogens with one attached hydrogen (secondary N) is 3. The molecule has 2 aromatic carbocycles. The second-order valence-electron chi connectivity index (χ2n) is 9.77. The van der Waals surface area contributed by atoms with Crippen LogP contribution in [0.3, 0.4) is 0 Å². The molecule has 3 amide bonds. The van der Waals surface area contributed by atoms with Gasteiger partial charge >= 0.3 is 6.03 Å². The van der Waals surface area contributed by atoms with Gasteiger partial charge in [0.2, 0.25) is 5.91 Å². The first-order valence-electron chi connectivity index (χ1n) is 12.5. The molecular formula is C28H36N4O4. The lowest BCUT2D eigenvalue weighted by molar-refractivity contribution is -0.124. The van der Waals surface area contributed by atoms with Crippen LogP contribution in [0.2, 0.25) is 0 Å². The Labute approximate surface area is 211 Å². The van der Waals surface area contributed by atoms with E-state index < -0.39 is 17.5 Å². The summed E-state index contributed by atoms with van der Waals surface area (Å²) in [5.41, 5.74) is 7.03. The third-order valence-electron chi connectivity index (χ3n) is 7.54. The molecule has 2 atom stereocenters. The molecule has 1 saturated carbocycles. The number of aromatic amines is 1. The molecule has 1 aliphatic rings. The summed E-state index contributed by atoms with van der Waals surface area (Å²) >= 11 is 0. The van der Waals surface area contributed by atoms with E-state index in [4.69, 9.17) is 15.2 Å². The molecule has 5 N–H and O–H groups in total. The zero-order chi connectivity index (χ0) is 25.7. The average Bonchev–Trinajstić information content (AvgIpc) is 3.31. The van der Waals surface area contributed by atoms with Gasteiger partial charge < -0.3 is 30.8 Å². The Morgan fingerprint density at radius 3 is 2.36 bits per heavy atom. The van der Waals surface area contributed by atoms with Crippen molar-refractivity contribution in [2.24, 2.45) is 11.7 Å². The highest BCUT2D eigenvalue weighted by molar-refractivity contribution is 5.98. The number of aromatic nitrogens is 1. The van der Waals surface area contributed by atoms with Crippen LogP contribution in [-0.2, 0) is 4.79 Å². The van der Waals surface area contributed by atoms with Crippen LogP contribution in [0, 0.1) is 5.92 Å². The van der Waals surface area contributed by atoms with Crippen molar-refractivity contribution in [1.82, 2.24) is 10.3 Å². The molecular weight excluding hydrogens is 456 g/mol.